The Kier molecular flexibility index (Phi) is 5.88. The van der Waals surface area contributed by atoms with Crippen LogP contribution in [0.1, 0.15) is 59.5 Å². The van der Waals surface area contributed by atoms with Gasteiger partial charge in [0.2, 0.25) is 5.91 Å². The summed E-state index contributed by atoms with van der Waals surface area (Å²) in [7, 11) is 1.51. The van der Waals surface area contributed by atoms with Gasteiger partial charge in [-0.05, 0) is 78.6 Å². The average Bonchev–Trinajstić information content (AvgIpc) is 3.93. The van der Waals surface area contributed by atoms with Gasteiger partial charge in [0.05, 0.1) is 23.4 Å². The van der Waals surface area contributed by atoms with Crippen molar-refractivity contribution in [2.45, 2.75) is 43.6 Å². The zero-order chi connectivity index (χ0) is 29.4. The number of likely N-dealkylation sites (N-methyl/N-ethyl adjacent to an activating group) is 1. The highest BCUT2D eigenvalue weighted by atomic mass is 35.5. The van der Waals surface area contributed by atoms with Gasteiger partial charge >= 0.3 is 6.03 Å². The van der Waals surface area contributed by atoms with Crippen LogP contribution in [0.15, 0.2) is 71.8 Å². The number of carbonyl (C=O) groups excluding carboxylic acids is 2. The Bertz CT molecular complexity index is 2030. The molecule has 3 amide bonds. The predicted octanol–water partition coefficient (Wildman–Crippen LogP) is 5.99. The smallest absolute Gasteiger partial charge is 0.331 e. The van der Waals surface area contributed by atoms with E-state index in [1.165, 1.54) is 17.5 Å². The monoisotopic (exact) mass is 592 g/mol. The number of rotatable bonds is 7. The van der Waals surface area contributed by atoms with Gasteiger partial charge in [-0.2, -0.15) is 0 Å². The maximum absolute atomic E-state index is 13.0. The summed E-state index contributed by atoms with van der Waals surface area (Å²) in [6.45, 7) is 0.457. The lowest BCUT2D eigenvalue weighted by Gasteiger charge is -2.17. The maximum Gasteiger partial charge on any atom is 0.331 e. The molecular formula is C33H29ClN6O3. The molecular weight excluding hydrogens is 564 g/mol. The van der Waals surface area contributed by atoms with Crippen molar-refractivity contribution in [2.24, 2.45) is 0 Å². The van der Waals surface area contributed by atoms with Crippen molar-refractivity contribution in [1.82, 2.24) is 19.3 Å². The Labute approximate surface area is 252 Å². The minimum atomic E-state index is -0.336. The molecule has 8 rings (SSSR count). The third-order valence-electron chi connectivity index (χ3n) is 8.92. The van der Waals surface area contributed by atoms with Crippen molar-refractivity contribution in [2.75, 3.05) is 23.8 Å². The Balaban J connectivity index is 1.06. The number of anilines is 2. The number of aromatic amines is 1. The van der Waals surface area contributed by atoms with Crippen LogP contribution >= 0.6 is 11.6 Å². The van der Waals surface area contributed by atoms with Crippen molar-refractivity contribution < 1.29 is 9.59 Å². The van der Waals surface area contributed by atoms with Gasteiger partial charge in [-0.15, -0.1) is 0 Å². The van der Waals surface area contributed by atoms with Gasteiger partial charge in [0.1, 0.15) is 6.54 Å². The molecule has 10 heteroatoms. The van der Waals surface area contributed by atoms with Gasteiger partial charge in [0, 0.05) is 53.2 Å². The van der Waals surface area contributed by atoms with E-state index in [2.05, 4.69) is 22.6 Å². The molecule has 4 heterocycles. The Hall–Kier alpha value is -4.63. The number of urea groups is 1. The second kappa shape index (κ2) is 9.70. The molecule has 2 N–H and O–H groups in total. The van der Waals surface area contributed by atoms with Gasteiger partial charge in [0.15, 0.2) is 11.1 Å². The molecule has 0 bridgehead atoms. The van der Waals surface area contributed by atoms with Crippen LogP contribution in [0.3, 0.4) is 0 Å². The summed E-state index contributed by atoms with van der Waals surface area (Å²) in [5.41, 5.74) is 7.04. The van der Waals surface area contributed by atoms with Gasteiger partial charge in [-0.1, -0.05) is 23.7 Å². The van der Waals surface area contributed by atoms with Crippen molar-refractivity contribution in [3.05, 3.63) is 105 Å². The first-order valence-electron chi connectivity index (χ1n) is 14.6. The number of hydrogen-bond acceptors (Lipinski definition) is 5. The lowest BCUT2D eigenvalue weighted by Crippen LogP contribution is -2.30. The van der Waals surface area contributed by atoms with Crippen LogP contribution < -0.4 is 15.6 Å². The van der Waals surface area contributed by atoms with Crippen LogP contribution in [0, 0.1) is 0 Å². The van der Waals surface area contributed by atoms with E-state index in [4.69, 9.17) is 16.6 Å². The van der Waals surface area contributed by atoms with Crippen LogP contribution in [0.4, 0.5) is 16.2 Å². The summed E-state index contributed by atoms with van der Waals surface area (Å²) >= 11 is 6.20. The van der Waals surface area contributed by atoms with Crippen molar-refractivity contribution in [3.8, 4) is 0 Å². The third kappa shape index (κ3) is 4.64. The van der Waals surface area contributed by atoms with Gasteiger partial charge in [-0.25, -0.2) is 9.78 Å². The molecule has 3 aliphatic rings. The van der Waals surface area contributed by atoms with Gasteiger partial charge < -0.3 is 14.7 Å². The van der Waals surface area contributed by atoms with Crippen LogP contribution in [-0.4, -0.2) is 44.8 Å². The predicted molar refractivity (Wildman–Crippen MR) is 166 cm³/mol. The summed E-state index contributed by atoms with van der Waals surface area (Å²) in [5, 5.41) is 4.82. The molecule has 9 nitrogen and oxygen atoms in total. The summed E-state index contributed by atoms with van der Waals surface area (Å²) in [4.78, 5) is 49.1. The average molecular weight is 593 g/mol. The van der Waals surface area contributed by atoms with Gasteiger partial charge in [-0.3, -0.25) is 19.4 Å². The molecule has 43 heavy (non-hydrogen) atoms. The largest absolute Gasteiger partial charge is 0.379 e. The van der Waals surface area contributed by atoms with E-state index in [0.717, 1.165) is 57.3 Å². The minimum Gasteiger partial charge on any atom is -0.379 e. The SMILES string of the molecule is CN1C(=O)CN(c2cc(C3CC3)cn3cc(CNc4ccc5c(=O)cc([C@H]6C[C@@H]6c6cccc(Cl)c6)[nH]c5c4)nc23)C1=O. The molecule has 0 unspecified atom stereocenters. The van der Waals surface area contributed by atoms with E-state index in [1.54, 1.807) is 6.07 Å². The highest BCUT2D eigenvalue weighted by Gasteiger charge is 2.40. The standard InChI is InChI=1S/C33H29ClN6O3/c1-38-31(42)17-40(33(38)43)29-10-20(18-5-6-18)15-39-16-23(36-32(29)39)14-35-22-7-8-24-27(11-22)37-28(13-30(24)41)26-12-25(26)19-3-2-4-21(34)9-19/h2-4,7-11,13,15-16,18,25-26,35H,5-6,12,14,17H2,1H3,(H,37,41)/t25-,26+/m1/s1. The van der Waals surface area contributed by atoms with E-state index >= 15 is 0 Å². The van der Waals surface area contributed by atoms with E-state index < -0.39 is 0 Å². The molecule has 0 spiro atoms. The summed E-state index contributed by atoms with van der Waals surface area (Å²) < 4.78 is 1.96. The first kappa shape index (κ1) is 26.0. The van der Waals surface area contributed by atoms with Crippen molar-refractivity contribution >= 4 is 51.5 Å². The van der Waals surface area contributed by atoms with Crippen LogP contribution in [-0.2, 0) is 11.3 Å². The fourth-order valence-corrected chi connectivity index (χ4v) is 6.48. The number of nitrogens with one attached hydrogen (secondary N) is 2. The van der Waals surface area contributed by atoms with E-state index in [1.807, 2.05) is 53.1 Å². The fourth-order valence-electron chi connectivity index (χ4n) is 6.28. The number of halogens is 1. The second-order valence-electron chi connectivity index (χ2n) is 11.9. The number of carbonyl (C=O) groups is 2. The lowest BCUT2D eigenvalue weighted by molar-refractivity contribution is -0.123. The topological polar surface area (TPSA) is 103 Å². The van der Waals surface area contributed by atoms with E-state index in [-0.39, 0.29) is 29.8 Å². The second-order valence-corrected chi connectivity index (χ2v) is 12.4. The highest BCUT2D eigenvalue weighted by molar-refractivity contribution is 6.30. The van der Waals surface area contributed by atoms with Crippen molar-refractivity contribution in [3.63, 3.8) is 0 Å². The number of pyridine rings is 2. The number of amides is 3. The number of imidazole rings is 1. The minimum absolute atomic E-state index is 0.00646. The van der Waals surface area contributed by atoms with Crippen molar-refractivity contribution in [1.29, 1.82) is 0 Å². The summed E-state index contributed by atoms with van der Waals surface area (Å²) in [5.74, 6) is 0.854. The Morgan fingerprint density at radius 1 is 1.00 bits per heavy atom. The Morgan fingerprint density at radius 3 is 2.63 bits per heavy atom. The number of benzene rings is 2. The maximum atomic E-state index is 13.0. The number of aromatic nitrogens is 3. The normalized spacial score (nSPS) is 20.0. The Morgan fingerprint density at radius 2 is 1.86 bits per heavy atom. The van der Waals surface area contributed by atoms with Gasteiger partial charge in [0.25, 0.3) is 0 Å². The first-order valence-corrected chi connectivity index (χ1v) is 15.0. The molecule has 0 radical (unpaired) electrons. The fraction of sp³-hybridized carbons (Fsp3) is 0.273. The number of nitrogens with zero attached hydrogens (tertiary/aromatic N) is 4. The first-order chi connectivity index (χ1) is 20.8. The molecule has 2 saturated carbocycles. The molecule has 2 aromatic carbocycles. The number of fused-ring (bicyclic) bond motifs is 2. The molecule has 1 saturated heterocycles. The zero-order valence-electron chi connectivity index (χ0n) is 23.5. The van der Waals surface area contributed by atoms with E-state index in [0.29, 0.717) is 35.1 Å². The highest BCUT2D eigenvalue weighted by Crippen LogP contribution is 2.54. The molecule has 3 aromatic heterocycles. The molecule has 2 aliphatic carbocycles. The number of imide groups is 1. The quantitative estimate of drug-likeness (QED) is 0.226. The molecule has 1 aliphatic heterocycles. The number of H-pyrrole nitrogens is 1. The zero-order valence-corrected chi connectivity index (χ0v) is 24.3. The number of hydrogen-bond donors (Lipinski definition) is 2. The van der Waals surface area contributed by atoms with E-state index in [9.17, 15) is 14.4 Å². The van der Waals surface area contributed by atoms with Crippen LogP contribution in [0.25, 0.3) is 16.6 Å². The summed E-state index contributed by atoms with van der Waals surface area (Å²) in [6.07, 6.45) is 7.26. The molecule has 3 fully saturated rings. The third-order valence-corrected chi connectivity index (χ3v) is 9.15. The molecule has 5 aromatic rings. The van der Waals surface area contributed by atoms with Crippen LogP contribution in [0.2, 0.25) is 5.02 Å². The summed E-state index contributed by atoms with van der Waals surface area (Å²) in [6, 6.07) is 17.1. The van der Waals surface area contributed by atoms with Crippen LogP contribution in [0.5, 0.6) is 0 Å². The molecule has 216 valence electrons. The lowest BCUT2D eigenvalue weighted by atomic mass is 10.1. The molecule has 2 atom stereocenters.